The number of hydrogen-bond acceptors (Lipinski definition) is 5. The molecule has 1 fully saturated rings. The van der Waals surface area contributed by atoms with E-state index >= 15 is 0 Å². The smallest absolute Gasteiger partial charge is 0.273 e. The Kier molecular flexibility index (Phi) is 3.34. The van der Waals surface area contributed by atoms with Gasteiger partial charge in [-0.1, -0.05) is 11.3 Å². The van der Waals surface area contributed by atoms with Crippen LogP contribution in [0.5, 0.6) is 5.19 Å². The molecule has 1 saturated heterocycles. The molecule has 0 aromatic carbocycles. The largest absolute Gasteiger partial charge is 0.467 e. The number of aromatic nitrogens is 1. The van der Waals surface area contributed by atoms with Gasteiger partial charge < -0.3 is 15.2 Å². The molecule has 1 aliphatic heterocycles. The summed E-state index contributed by atoms with van der Waals surface area (Å²) in [5.74, 6) is 0. The monoisotopic (exact) mass is 214 g/mol. The zero-order valence-electron chi connectivity index (χ0n) is 7.94. The van der Waals surface area contributed by atoms with Crippen LogP contribution in [0.4, 0.5) is 0 Å². The third-order valence-corrected chi connectivity index (χ3v) is 2.95. The molecule has 0 spiro atoms. The molecule has 0 atom stereocenters. The van der Waals surface area contributed by atoms with Crippen LogP contribution in [-0.4, -0.2) is 24.3 Å². The van der Waals surface area contributed by atoms with Crippen LogP contribution in [0.1, 0.15) is 18.5 Å². The molecular weight excluding hydrogens is 200 g/mol. The maximum atomic E-state index is 5.71. The zero-order chi connectivity index (χ0) is 9.80. The molecule has 0 amide bonds. The minimum Gasteiger partial charge on any atom is -0.467 e. The minimum absolute atomic E-state index is 0.264. The second-order valence-electron chi connectivity index (χ2n) is 3.24. The molecule has 1 aliphatic rings. The van der Waals surface area contributed by atoms with Crippen LogP contribution in [-0.2, 0) is 11.3 Å². The first-order valence-electron chi connectivity index (χ1n) is 4.77. The van der Waals surface area contributed by atoms with Crippen LogP contribution >= 0.6 is 11.3 Å². The number of nitrogens with two attached hydrogens (primary N) is 1. The molecular formula is C9H14N2O2S. The number of hydrogen-bond donors (Lipinski definition) is 1. The van der Waals surface area contributed by atoms with Gasteiger partial charge in [0.2, 0.25) is 0 Å². The molecule has 4 nitrogen and oxygen atoms in total. The summed E-state index contributed by atoms with van der Waals surface area (Å²) >= 11 is 1.51. The second kappa shape index (κ2) is 4.72. The molecule has 5 heteroatoms. The lowest BCUT2D eigenvalue weighted by Gasteiger charge is -2.21. The van der Waals surface area contributed by atoms with Gasteiger partial charge in [-0.25, -0.2) is 4.98 Å². The standard InChI is InChI=1S/C9H14N2O2S/c10-5-7-6-14-9(11-7)13-8-1-3-12-4-2-8/h6,8H,1-5,10H2. The van der Waals surface area contributed by atoms with Crippen LogP contribution in [0.25, 0.3) is 0 Å². The topological polar surface area (TPSA) is 57.4 Å². The highest BCUT2D eigenvalue weighted by Crippen LogP contribution is 2.22. The van der Waals surface area contributed by atoms with Crippen molar-refractivity contribution < 1.29 is 9.47 Å². The first-order valence-corrected chi connectivity index (χ1v) is 5.65. The van der Waals surface area contributed by atoms with Crippen molar-refractivity contribution in [1.29, 1.82) is 0 Å². The molecule has 1 aromatic rings. The fourth-order valence-electron chi connectivity index (χ4n) is 1.37. The Labute approximate surface area is 87.0 Å². The van der Waals surface area contributed by atoms with Gasteiger partial charge in [-0.3, -0.25) is 0 Å². The van der Waals surface area contributed by atoms with Crippen LogP contribution in [0.2, 0.25) is 0 Å². The Morgan fingerprint density at radius 3 is 3.00 bits per heavy atom. The van der Waals surface area contributed by atoms with E-state index in [9.17, 15) is 0 Å². The van der Waals surface area contributed by atoms with Gasteiger partial charge in [0.25, 0.3) is 5.19 Å². The van der Waals surface area contributed by atoms with E-state index in [4.69, 9.17) is 15.2 Å². The van der Waals surface area contributed by atoms with E-state index in [2.05, 4.69) is 4.98 Å². The highest BCUT2D eigenvalue weighted by Gasteiger charge is 2.16. The van der Waals surface area contributed by atoms with Gasteiger partial charge in [0.05, 0.1) is 18.9 Å². The maximum absolute atomic E-state index is 5.71. The van der Waals surface area contributed by atoms with Gasteiger partial charge in [0.1, 0.15) is 6.10 Å². The van der Waals surface area contributed by atoms with Crippen molar-refractivity contribution in [2.45, 2.75) is 25.5 Å². The third-order valence-electron chi connectivity index (χ3n) is 2.18. The number of rotatable bonds is 3. The predicted octanol–water partition coefficient (Wildman–Crippen LogP) is 1.16. The molecule has 2 rings (SSSR count). The summed E-state index contributed by atoms with van der Waals surface area (Å²) in [4.78, 5) is 4.25. The van der Waals surface area contributed by atoms with Crippen LogP contribution in [0.15, 0.2) is 5.38 Å². The summed E-state index contributed by atoms with van der Waals surface area (Å²) in [5, 5.41) is 2.67. The van der Waals surface area contributed by atoms with E-state index in [0.717, 1.165) is 36.9 Å². The van der Waals surface area contributed by atoms with Crippen molar-refractivity contribution >= 4 is 11.3 Å². The molecule has 0 radical (unpaired) electrons. The van der Waals surface area contributed by atoms with Gasteiger partial charge in [-0.2, -0.15) is 0 Å². The Morgan fingerprint density at radius 2 is 2.36 bits per heavy atom. The van der Waals surface area contributed by atoms with Gasteiger partial charge >= 0.3 is 0 Å². The van der Waals surface area contributed by atoms with Gasteiger partial charge in [0, 0.05) is 24.8 Å². The van der Waals surface area contributed by atoms with Crippen molar-refractivity contribution in [3.63, 3.8) is 0 Å². The lowest BCUT2D eigenvalue weighted by atomic mass is 10.2. The zero-order valence-corrected chi connectivity index (χ0v) is 8.76. The van der Waals surface area contributed by atoms with E-state index in [1.165, 1.54) is 11.3 Å². The third kappa shape index (κ3) is 2.43. The summed E-state index contributed by atoms with van der Waals surface area (Å²) in [6.45, 7) is 2.06. The van der Waals surface area contributed by atoms with Crippen molar-refractivity contribution in [3.8, 4) is 5.19 Å². The van der Waals surface area contributed by atoms with E-state index in [1.807, 2.05) is 5.38 Å². The lowest BCUT2D eigenvalue weighted by Crippen LogP contribution is -2.25. The normalized spacial score (nSPS) is 18.4. The Bertz CT molecular complexity index is 284. The van der Waals surface area contributed by atoms with E-state index in [-0.39, 0.29) is 6.10 Å². The summed E-state index contributed by atoms with van der Waals surface area (Å²) < 4.78 is 11.0. The molecule has 0 bridgehead atoms. The average Bonchev–Trinajstić information content (AvgIpc) is 2.67. The Morgan fingerprint density at radius 1 is 1.57 bits per heavy atom. The van der Waals surface area contributed by atoms with E-state index in [1.54, 1.807) is 0 Å². The minimum atomic E-state index is 0.264. The molecule has 78 valence electrons. The van der Waals surface area contributed by atoms with E-state index in [0.29, 0.717) is 6.54 Å². The van der Waals surface area contributed by atoms with Crippen LogP contribution in [0.3, 0.4) is 0 Å². The molecule has 0 unspecified atom stereocenters. The average molecular weight is 214 g/mol. The van der Waals surface area contributed by atoms with Gasteiger partial charge in [-0.05, 0) is 0 Å². The number of nitrogens with zero attached hydrogens (tertiary/aromatic N) is 1. The molecule has 2 N–H and O–H groups in total. The lowest BCUT2D eigenvalue weighted by molar-refractivity contribution is 0.0254. The van der Waals surface area contributed by atoms with Crippen molar-refractivity contribution in [1.82, 2.24) is 4.98 Å². The highest BCUT2D eigenvalue weighted by molar-refractivity contribution is 7.11. The molecule has 0 aliphatic carbocycles. The molecule has 0 saturated carbocycles. The Balaban J connectivity index is 1.89. The van der Waals surface area contributed by atoms with Crippen LogP contribution < -0.4 is 10.5 Å². The summed E-state index contributed by atoms with van der Waals surface area (Å²) in [7, 11) is 0. The first-order chi connectivity index (χ1) is 6.88. The van der Waals surface area contributed by atoms with Gasteiger partial charge in [-0.15, -0.1) is 0 Å². The maximum Gasteiger partial charge on any atom is 0.273 e. The SMILES string of the molecule is NCc1csc(OC2CCOCC2)n1. The number of thiazole rings is 1. The fraction of sp³-hybridized carbons (Fsp3) is 0.667. The first kappa shape index (κ1) is 9.89. The van der Waals surface area contributed by atoms with Crippen LogP contribution in [0, 0.1) is 0 Å². The summed E-state index contributed by atoms with van der Waals surface area (Å²) in [6.07, 6.45) is 2.18. The van der Waals surface area contributed by atoms with Crippen molar-refractivity contribution in [3.05, 3.63) is 11.1 Å². The fourth-order valence-corrected chi connectivity index (χ4v) is 2.12. The molecule has 2 heterocycles. The van der Waals surface area contributed by atoms with Crippen molar-refractivity contribution in [2.75, 3.05) is 13.2 Å². The van der Waals surface area contributed by atoms with Gasteiger partial charge in [0.15, 0.2) is 0 Å². The predicted molar refractivity (Wildman–Crippen MR) is 54.5 cm³/mol. The second-order valence-corrected chi connectivity index (χ2v) is 4.06. The summed E-state index contributed by atoms with van der Waals surface area (Å²) in [6, 6.07) is 0. The highest BCUT2D eigenvalue weighted by atomic mass is 32.1. The quantitative estimate of drug-likeness (QED) is 0.820. The molecule has 1 aromatic heterocycles. The van der Waals surface area contributed by atoms with E-state index < -0.39 is 0 Å². The Hall–Kier alpha value is -0.650. The summed E-state index contributed by atoms with van der Waals surface area (Å²) in [5.41, 5.74) is 6.36. The number of ether oxygens (including phenoxy) is 2. The van der Waals surface area contributed by atoms with Crippen molar-refractivity contribution in [2.24, 2.45) is 5.73 Å². The molecule has 14 heavy (non-hydrogen) atoms.